The molecule has 0 saturated heterocycles. The van der Waals surface area contributed by atoms with Gasteiger partial charge in [0.2, 0.25) is 5.95 Å². The first-order valence-corrected chi connectivity index (χ1v) is 9.50. The van der Waals surface area contributed by atoms with Crippen molar-refractivity contribution >= 4 is 33.3 Å². The van der Waals surface area contributed by atoms with Crippen molar-refractivity contribution in [2.24, 2.45) is 0 Å². The first-order chi connectivity index (χ1) is 14.5. The second-order valence-electron chi connectivity index (χ2n) is 6.52. The van der Waals surface area contributed by atoms with Crippen LogP contribution in [-0.2, 0) is 0 Å². The van der Waals surface area contributed by atoms with Crippen molar-refractivity contribution in [1.29, 1.82) is 0 Å². The quantitative estimate of drug-likeness (QED) is 0.305. The Labute approximate surface area is 176 Å². The van der Waals surface area contributed by atoms with Gasteiger partial charge in [-0.15, -0.1) is 0 Å². The number of nitro groups is 1. The number of nitro benzene ring substituents is 1. The number of nitrogens with one attached hydrogen (secondary N) is 2. The maximum Gasteiger partial charge on any atom is 0.288 e. The van der Waals surface area contributed by atoms with E-state index < -0.39 is 16.5 Å². The van der Waals surface area contributed by atoms with E-state index in [2.05, 4.69) is 47.0 Å². The molecule has 148 valence electrons. The number of nitrogens with zero attached hydrogens (tertiary/aromatic N) is 6. The van der Waals surface area contributed by atoms with Crippen LogP contribution in [0.5, 0.6) is 0 Å². The van der Waals surface area contributed by atoms with Crippen molar-refractivity contribution in [2.45, 2.75) is 6.04 Å². The topological polar surface area (TPSA) is 145 Å². The minimum atomic E-state index is -0.538. The molecule has 0 aliphatic carbocycles. The van der Waals surface area contributed by atoms with Gasteiger partial charge in [-0.25, -0.2) is 5.10 Å². The average Bonchev–Trinajstić information content (AvgIpc) is 3.21. The molecule has 2 aromatic heterocycles. The van der Waals surface area contributed by atoms with Crippen LogP contribution >= 0.6 is 15.9 Å². The van der Waals surface area contributed by atoms with Gasteiger partial charge in [-0.2, -0.15) is 9.78 Å². The predicted octanol–water partition coefficient (Wildman–Crippen LogP) is 2.79. The number of tetrazole rings is 1. The molecule has 0 amide bonds. The summed E-state index contributed by atoms with van der Waals surface area (Å²) in [5.41, 5.74) is 2.25. The number of hydrogen-bond donors (Lipinski definition) is 2. The van der Waals surface area contributed by atoms with Crippen LogP contribution in [0.25, 0.3) is 11.3 Å². The Kier molecular flexibility index (Phi) is 4.13. The molecule has 0 spiro atoms. The summed E-state index contributed by atoms with van der Waals surface area (Å²) in [4.78, 5) is 23.1. The summed E-state index contributed by atoms with van der Waals surface area (Å²) in [6, 6.07) is 13.0. The van der Waals surface area contributed by atoms with Gasteiger partial charge in [-0.3, -0.25) is 14.9 Å². The highest BCUT2D eigenvalue weighted by atomic mass is 79.9. The van der Waals surface area contributed by atoms with Crippen LogP contribution in [0.2, 0.25) is 0 Å². The minimum Gasteiger partial charge on any atom is -0.318 e. The predicted molar refractivity (Wildman–Crippen MR) is 109 cm³/mol. The Bertz CT molecular complexity index is 1350. The van der Waals surface area contributed by atoms with Crippen LogP contribution < -0.4 is 10.9 Å². The fraction of sp³-hybridized carbons (Fsp3) is 0.0556. The van der Waals surface area contributed by atoms with Crippen molar-refractivity contribution in [3.05, 3.63) is 84.6 Å². The number of H-pyrrole nitrogens is 1. The largest absolute Gasteiger partial charge is 0.318 e. The monoisotopic (exact) mass is 466 g/mol. The molecule has 12 heteroatoms. The molecule has 0 bridgehead atoms. The molecular weight excluding hydrogens is 456 g/mol. The number of halogens is 1. The molecule has 11 nitrogen and oxygen atoms in total. The lowest BCUT2D eigenvalue weighted by molar-refractivity contribution is -0.384. The van der Waals surface area contributed by atoms with E-state index in [1.807, 2.05) is 24.3 Å². The standard InChI is InChI=1S/C18H11BrN8O3/c19-11-3-1-2-10(8-11)16-13-14(9-4-6-12(7-5-9)27(29)30)21-22-17(28)15(13)20-18-23-24-25-26(16)18/h1-8,16H,(H,22,28)(H,20,23,25). The van der Waals surface area contributed by atoms with E-state index in [4.69, 9.17) is 0 Å². The number of fused-ring (bicyclic) bond motifs is 2. The van der Waals surface area contributed by atoms with Crippen LogP contribution in [0, 0.1) is 10.1 Å². The van der Waals surface area contributed by atoms with Gasteiger partial charge in [0.05, 0.1) is 10.6 Å². The number of benzene rings is 2. The second kappa shape index (κ2) is 6.84. The summed E-state index contributed by atoms with van der Waals surface area (Å²) in [6.45, 7) is 0. The van der Waals surface area contributed by atoms with E-state index in [0.717, 1.165) is 10.0 Å². The van der Waals surface area contributed by atoms with Crippen molar-refractivity contribution in [3.8, 4) is 11.3 Å². The molecule has 1 aliphatic heterocycles. The lowest BCUT2D eigenvalue weighted by Crippen LogP contribution is -2.29. The van der Waals surface area contributed by atoms with E-state index in [0.29, 0.717) is 22.8 Å². The Morgan fingerprint density at radius 1 is 1.17 bits per heavy atom. The van der Waals surface area contributed by atoms with Crippen molar-refractivity contribution in [2.75, 3.05) is 5.32 Å². The minimum absolute atomic E-state index is 0.0403. The third-order valence-corrected chi connectivity index (χ3v) is 5.28. The molecular formula is C18H11BrN8O3. The van der Waals surface area contributed by atoms with E-state index in [1.165, 1.54) is 12.1 Å². The van der Waals surface area contributed by atoms with Crippen LogP contribution in [0.4, 0.5) is 17.3 Å². The fourth-order valence-electron chi connectivity index (χ4n) is 3.48. The van der Waals surface area contributed by atoms with Crippen LogP contribution in [0.15, 0.2) is 57.8 Å². The number of hydrogen-bond acceptors (Lipinski definition) is 8. The molecule has 30 heavy (non-hydrogen) atoms. The lowest BCUT2D eigenvalue weighted by Gasteiger charge is -2.27. The molecule has 0 fully saturated rings. The van der Waals surface area contributed by atoms with Crippen LogP contribution in [0.1, 0.15) is 17.2 Å². The Morgan fingerprint density at radius 2 is 1.97 bits per heavy atom. The maximum atomic E-state index is 12.6. The van der Waals surface area contributed by atoms with Crippen LogP contribution in [0.3, 0.4) is 0 Å². The highest BCUT2D eigenvalue weighted by Crippen LogP contribution is 2.41. The summed E-state index contributed by atoms with van der Waals surface area (Å²) < 4.78 is 2.42. The lowest BCUT2D eigenvalue weighted by atomic mass is 9.92. The number of rotatable bonds is 3. The molecule has 1 atom stereocenters. The van der Waals surface area contributed by atoms with Gasteiger partial charge in [0.1, 0.15) is 11.7 Å². The van der Waals surface area contributed by atoms with Gasteiger partial charge >= 0.3 is 0 Å². The number of aromatic amines is 1. The maximum absolute atomic E-state index is 12.6. The van der Waals surface area contributed by atoms with Gasteiger partial charge in [0.25, 0.3) is 11.2 Å². The summed E-state index contributed by atoms with van der Waals surface area (Å²) in [6.07, 6.45) is 0. The molecule has 4 aromatic rings. The van der Waals surface area contributed by atoms with Gasteiger partial charge < -0.3 is 5.32 Å². The van der Waals surface area contributed by atoms with Gasteiger partial charge in [0, 0.05) is 27.7 Å². The molecule has 3 heterocycles. The Hall–Kier alpha value is -3.93. The van der Waals surface area contributed by atoms with Gasteiger partial charge in [-0.1, -0.05) is 33.2 Å². The SMILES string of the molecule is O=c1[nH]nc(-c2ccc([N+](=O)[O-])cc2)c2c1Nc1nnnn1C2c1cccc(Br)c1. The van der Waals surface area contributed by atoms with E-state index in [-0.39, 0.29) is 11.4 Å². The van der Waals surface area contributed by atoms with Crippen LogP contribution in [-0.4, -0.2) is 35.3 Å². The van der Waals surface area contributed by atoms with E-state index >= 15 is 0 Å². The normalized spacial score (nSPS) is 14.5. The fourth-order valence-corrected chi connectivity index (χ4v) is 3.90. The average molecular weight is 467 g/mol. The zero-order chi connectivity index (χ0) is 20.8. The molecule has 2 N–H and O–H groups in total. The molecule has 5 rings (SSSR count). The second-order valence-corrected chi connectivity index (χ2v) is 7.44. The molecule has 1 aliphatic rings. The summed E-state index contributed by atoms with van der Waals surface area (Å²) in [7, 11) is 0. The van der Waals surface area contributed by atoms with E-state index in [9.17, 15) is 14.9 Å². The molecule has 0 saturated carbocycles. The van der Waals surface area contributed by atoms with Crippen molar-refractivity contribution in [1.82, 2.24) is 30.4 Å². The zero-order valence-electron chi connectivity index (χ0n) is 15.0. The number of non-ortho nitro benzene ring substituents is 1. The number of anilines is 2. The summed E-state index contributed by atoms with van der Waals surface area (Å²) >= 11 is 3.47. The third kappa shape index (κ3) is 2.85. The molecule has 1 unspecified atom stereocenters. The van der Waals surface area contributed by atoms with Gasteiger partial charge in [-0.05, 0) is 40.3 Å². The highest BCUT2D eigenvalue weighted by Gasteiger charge is 2.34. The number of aromatic nitrogens is 6. The van der Waals surface area contributed by atoms with Gasteiger partial charge in [0.15, 0.2) is 0 Å². The summed E-state index contributed by atoms with van der Waals surface area (Å²) in [5, 5.41) is 32.5. The van der Waals surface area contributed by atoms with Crippen molar-refractivity contribution in [3.63, 3.8) is 0 Å². The summed E-state index contributed by atoms with van der Waals surface area (Å²) in [5.74, 6) is 0.318. The Balaban J connectivity index is 1.78. The Morgan fingerprint density at radius 3 is 2.70 bits per heavy atom. The zero-order valence-corrected chi connectivity index (χ0v) is 16.6. The van der Waals surface area contributed by atoms with E-state index in [1.54, 1.807) is 16.8 Å². The third-order valence-electron chi connectivity index (χ3n) is 4.78. The molecule has 2 aromatic carbocycles. The highest BCUT2D eigenvalue weighted by molar-refractivity contribution is 9.10. The van der Waals surface area contributed by atoms with Crippen molar-refractivity contribution < 1.29 is 4.92 Å². The smallest absolute Gasteiger partial charge is 0.288 e. The first-order valence-electron chi connectivity index (χ1n) is 8.70. The first kappa shape index (κ1) is 18.1. The molecule has 0 radical (unpaired) electrons.